The quantitative estimate of drug-likeness (QED) is 0.663. The van der Waals surface area contributed by atoms with Gasteiger partial charge in [-0.2, -0.15) is 0 Å². The van der Waals surface area contributed by atoms with E-state index in [0.29, 0.717) is 0 Å². The van der Waals surface area contributed by atoms with Gasteiger partial charge < -0.3 is 20.0 Å². The maximum absolute atomic E-state index is 6.66. The SMILES string of the molecule is C=C(C)N1CCN(C2=CC=C(C3C=C(Cl)c4cc(C)c(C)cc4N3)CN2C)CC1.CC. The van der Waals surface area contributed by atoms with Gasteiger partial charge in [0.1, 0.15) is 5.82 Å². The summed E-state index contributed by atoms with van der Waals surface area (Å²) in [6.45, 7) is 19.5. The van der Waals surface area contributed by atoms with Gasteiger partial charge >= 0.3 is 0 Å². The van der Waals surface area contributed by atoms with Crippen LogP contribution in [-0.4, -0.2) is 60.5 Å². The van der Waals surface area contributed by atoms with Crippen molar-refractivity contribution < 1.29 is 0 Å². The largest absolute Gasteiger partial charge is 0.374 e. The summed E-state index contributed by atoms with van der Waals surface area (Å²) >= 11 is 6.66. The van der Waals surface area contributed by atoms with Gasteiger partial charge in [0.15, 0.2) is 0 Å². The van der Waals surface area contributed by atoms with Crippen LogP contribution in [0.25, 0.3) is 5.03 Å². The number of nitrogens with zero attached hydrogens (tertiary/aromatic N) is 3. The van der Waals surface area contributed by atoms with Crippen LogP contribution < -0.4 is 5.32 Å². The van der Waals surface area contributed by atoms with Crippen LogP contribution in [-0.2, 0) is 0 Å². The summed E-state index contributed by atoms with van der Waals surface area (Å²) in [5.74, 6) is 1.30. The van der Waals surface area contributed by atoms with Crippen molar-refractivity contribution in [3.8, 4) is 0 Å². The summed E-state index contributed by atoms with van der Waals surface area (Å²) in [6.07, 6.45) is 6.67. The van der Waals surface area contributed by atoms with E-state index in [-0.39, 0.29) is 6.04 Å². The van der Waals surface area contributed by atoms with Crippen LogP contribution in [0.5, 0.6) is 0 Å². The molecule has 1 aromatic carbocycles. The van der Waals surface area contributed by atoms with Gasteiger partial charge in [-0.05, 0) is 61.8 Å². The van der Waals surface area contributed by atoms with Crippen LogP contribution in [0.3, 0.4) is 0 Å². The lowest BCUT2D eigenvalue weighted by atomic mass is 9.95. The van der Waals surface area contributed by atoms with Crippen molar-refractivity contribution in [2.75, 3.05) is 45.1 Å². The van der Waals surface area contributed by atoms with E-state index in [1.54, 1.807) is 0 Å². The van der Waals surface area contributed by atoms with Crippen molar-refractivity contribution in [3.05, 3.63) is 70.7 Å². The zero-order valence-electron chi connectivity index (χ0n) is 19.9. The number of allylic oxidation sites excluding steroid dienone is 3. The molecule has 0 radical (unpaired) electrons. The Labute approximate surface area is 193 Å². The molecule has 1 aromatic rings. The van der Waals surface area contributed by atoms with E-state index in [0.717, 1.165) is 54.7 Å². The molecule has 1 fully saturated rings. The van der Waals surface area contributed by atoms with Crippen LogP contribution >= 0.6 is 11.6 Å². The van der Waals surface area contributed by atoms with Crippen LogP contribution in [0.1, 0.15) is 37.5 Å². The molecule has 0 spiro atoms. The fourth-order valence-corrected chi connectivity index (χ4v) is 4.64. The third-order valence-electron chi connectivity index (χ3n) is 6.32. The van der Waals surface area contributed by atoms with Crippen molar-refractivity contribution in [2.45, 2.75) is 40.7 Å². The maximum atomic E-state index is 6.66. The Morgan fingerprint density at radius 1 is 1.06 bits per heavy atom. The van der Waals surface area contributed by atoms with Crippen LogP contribution in [0, 0.1) is 13.8 Å². The third kappa shape index (κ3) is 4.95. The highest BCUT2D eigenvalue weighted by Crippen LogP contribution is 2.36. The maximum Gasteiger partial charge on any atom is 0.104 e. The molecule has 3 aliphatic rings. The van der Waals surface area contributed by atoms with Gasteiger partial charge in [-0.25, -0.2) is 0 Å². The summed E-state index contributed by atoms with van der Waals surface area (Å²) in [5, 5.41) is 4.52. The van der Waals surface area contributed by atoms with E-state index in [9.17, 15) is 0 Å². The van der Waals surface area contributed by atoms with Crippen molar-refractivity contribution in [1.29, 1.82) is 0 Å². The molecule has 3 aliphatic heterocycles. The summed E-state index contributed by atoms with van der Waals surface area (Å²) < 4.78 is 0. The molecule has 1 atom stereocenters. The molecule has 5 heteroatoms. The lowest BCUT2D eigenvalue weighted by Gasteiger charge is -2.42. The number of anilines is 1. The molecular formula is C26H37ClN4. The van der Waals surface area contributed by atoms with Crippen molar-refractivity contribution >= 4 is 22.3 Å². The number of nitrogens with one attached hydrogen (secondary N) is 1. The third-order valence-corrected chi connectivity index (χ3v) is 6.65. The lowest BCUT2D eigenvalue weighted by molar-refractivity contribution is 0.154. The van der Waals surface area contributed by atoms with Gasteiger partial charge in [-0.15, -0.1) is 0 Å². The van der Waals surface area contributed by atoms with E-state index >= 15 is 0 Å². The minimum Gasteiger partial charge on any atom is -0.374 e. The number of benzene rings is 1. The predicted octanol–water partition coefficient (Wildman–Crippen LogP) is 5.57. The number of hydrogen-bond donors (Lipinski definition) is 1. The van der Waals surface area contributed by atoms with E-state index in [4.69, 9.17) is 11.6 Å². The van der Waals surface area contributed by atoms with E-state index in [1.165, 1.54) is 22.5 Å². The first-order chi connectivity index (χ1) is 14.8. The average Bonchev–Trinajstić information content (AvgIpc) is 2.76. The monoisotopic (exact) mass is 440 g/mol. The number of likely N-dealkylation sites (N-methyl/N-ethyl adjacent to an activating group) is 1. The first-order valence-corrected chi connectivity index (χ1v) is 11.7. The molecule has 0 saturated carbocycles. The average molecular weight is 441 g/mol. The van der Waals surface area contributed by atoms with Crippen LogP contribution in [0.4, 0.5) is 5.69 Å². The summed E-state index contributed by atoms with van der Waals surface area (Å²) in [5.41, 5.74) is 7.27. The molecule has 0 amide bonds. The fraction of sp³-hybridized carbons (Fsp3) is 0.462. The van der Waals surface area contributed by atoms with Crippen LogP contribution in [0.15, 0.2) is 54.0 Å². The normalized spacial score (nSPS) is 20.5. The van der Waals surface area contributed by atoms with Gasteiger partial charge in [-0.1, -0.05) is 38.1 Å². The van der Waals surface area contributed by atoms with Gasteiger partial charge in [0.25, 0.3) is 0 Å². The Balaban J connectivity index is 0.00000132. The second kappa shape index (κ2) is 9.86. The minimum atomic E-state index is 0.123. The lowest BCUT2D eigenvalue weighted by Crippen LogP contribution is -2.48. The highest BCUT2D eigenvalue weighted by Gasteiger charge is 2.26. The molecule has 1 unspecified atom stereocenters. The summed E-state index contributed by atoms with van der Waals surface area (Å²) in [7, 11) is 2.18. The van der Waals surface area contributed by atoms with Crippen molar-refractivity contribution in [1.82, 2.24) is 14.7 Å². The Morgan fingerprint density at radius 3 is 2.32 bits per heavy atom. The number of halogens is 1. The Kier molecular flexibility index (Phi) is 7.42. The van der Waals surface area contributed by atoms with Crippen molar-refractivity contribution in [3.63, 3.8) is 0 Å². The smallest absolute Gasteiger partial charge is 0.104 e. The van der Waals surface area contributed by atoms with Gasteiger partial charge in [0, 0.05) is 61.8 Å². The van der Waals surface area contributed by atoms with Gasteiger partial charge in [0.05, 0.1) is 6.04 Å². The molecule has 0 aromatic heterocycles. The number of hydrogen-bond acceptors (Lipinski definition) is 4. The molecule has 31 heavy (non-hydrogen) atoms. The Bertz CT molecular complexity index is 920. The molecule has 3 heterocycles. The predicted molar refractivity (Wildman–Crippen MR) is 135 cm³/mol. The molecular weight excluding hydrogens is 404 g/mol. The molecule has 1 saturated heterocycles. The zero-order chi connectivity index (χ0) is 22.7. The zero-order valence-corrected chi connectivity index (χ0v) is 20.7. The van der Waals surface area contributed by atoms with E-state index < -0.39 is 0 Å². The summed E-state index contributed by atoms with van der Waals surface area (Å²) in [4.78, 5) is 7.19. The van der Waals surface area contributed by atoms with E-state index in [2.05, 4.69) is 84.8 Å². The Hall–Kier alpha value is -2.33. The standard InChI is InChI=1S/C24H31ClN4.C2H6/c1-16(2)28-8-10-29(11-9-28)24-7-6-19(15-27(24)5)22-14-21(25)20-12-17(3)18(4)13-23(20)26-22;1-2/h6-7,12-14,22,26H,1,8-11,15H2,2-5H3;1-2H3. The topological polar surface area (TPSA) is 21.8 Å². The molecule has 0 bridgehead atoms. The molecule has 4 rings (SSSR count). The molecule has 1 N–H and O–H groups in total. The van der Waals surface area contributed by atoms with Gasteiger partial charge in [-0.3, -0.25) is 0 Å². The first kappa shape index (κ1) is 23.3. The number of rotatable bonds is 3. The molecule has 168 valence electrons. The second-order valence-electron chi connectivity index (χ2n) is 8.45. The highest BCUT2D eigenvalue weighted by molar-refractivity contribution is 6.49. The summed E-state index contributed by atoms with van der Waals surface area (Å²) in [6, 6.07) is 4.51. The highest BCUT2D eigenvalue weighted by atomic mass is 35.5. The number of fused-ring (bicyclic) bond motifs is 1. The second-order valence-corrected chi connectivity index (χ2v) is 8.86. The van der Waals surface area contributed by atoms with Crippen molar-refractivity contribution in [2.24, 2.45) is 0 Å². The Morgan fingerprint density at radius 2 is 1.71 bits per heavy atom. The van der Waals surface area contributed by atoms with E-state index in [1.807, 2.05) is 13.8 Å². The number of piperazine rings is 1. The fourth-order valence-electron chi connectivity index (χ4n) is 4.36. The molecule has 0 aliphatic carbocycles. The van der Waals surface area contributed by atoms with Gasteiger partial charge in [0.2, 0.25) is 0 Å². The van der Waals surface area contributed by atoms with Crippen LogP contribution in [0.2, 0.25) is 0 Å². The number of aryl methyl sites for hydroxylation is 2. The first-order valence-electron chi connectivity index (χ1n) is 11.4. The minimum absolute atomic E-state index is 0.123. The molecule has 4 nitrogen and oxygen atoms in total.